The third-order valence-corrected chi connectivity index (χ3v) is 2.99. The molecule has 2 N–H and O–H groups in total. The quantitative estimate of drug-likeness (QED) is 0.833. The van der Waals surface area contributed by atoms with Gasteiger partial charge in [0.25, 0.3) is 0 Å². The maximum atomic E-state index is 11.0. The fraction of sp³-hybridized carbons (Fsp3) is 0.231. The first-order valence-electron chi connectivity index (χ1n) is 5.36. The Morgan fingerprint density at radius 3 is 2.53 bits per heavy atom. The van der Waals surface area contributed by atoms with E-state index in [2.05, 4.69) is 10.2 Å². The second-order valence-corrected chi connectivity index (χ2v) is 4.16. The number of carboxylic acids is 1. The Bertz CT molecular complexity index is 585. The van der Waals surface area contributed by atoms with Crippen LogP contribution in [0.4, 0.5) is 0 Å². The van der Waals surface area contributed by atoms with E-state index in [1.807, 2.05) is 26.8 Å². The number of aromatic amines is 1. The predicted molar refractivity (Wildman–Crippen MR) is 65.2 cm³/mol. The number of rotatable bonds is 2. The van der Waals surface area contributed by atoms with E-state index in [1.165, 1.54) is 0 Å². The van der Waals surface area contributed by atoms with Crippen molar-refractivity contribution < 1.29 is 9.90 Å². The number of aryl methyl sites for hydroxylation is 2. The maximum absolute atomic E-state index is 11.0. The van der Waals surface area contributed by atoms with Crippen LogP contribution in [-0.4, -0.2) is 21.3 Å². The molecule has 4 nitrogen and oxygen atoms in total. The van der Waals surface area contributed by atoms with Gasteiger partial charge in [-0.3, -0.25) is 5.10 Å². The van der Waals surface area contributed by atoms with Crippen LogP contribution in [-0.2, 0) is 0 Å². The minimum atomic E-state index is -0.920. The first kappa shape index (κ1) is 11.4. The fourth-order valence-corrected chi connectivity index (χ4v) is 1.76. The van der Waals surface area contributed by atoms with Gasteiger partial charge in [0.15, 0.2) is 0 Å². The molecule has 2 aromatic rings. The average molecular weight is 230 g/mol. The smallest absolute Gasteiger partial charge is 0.335 e. The molecule has 0 radical (unpaired) electrons. The van der Waals surface area contributed by atoms with Gasteiger partial charge in [0.05, 0.1) is 11.3 Å². The molecule has 4 heteroatoms. The molecule has 1 aromatic carbocycles. The van der Waals surface area contributed by atoms with Crippen LogP contribution < -0.4 is 0 Å². The molecule has 0 unspecified atom stereocenters. The molecule has 1 heterocycles. The van der Waals surface area contributed by atoms with Crippen molar-refractivity contribution in [2.75, 3.05) is 0 Å². The maximum Gasteiger partial charge on any atom is 0.335 e. The highest BCUT2D eigenvalue weighted by molar-refractivity contribution is 5.89. The minimum absolute atomic E-state index is 0.283. The topological polar surface area (TPSA) is 66.0 Å². The molecular weight excluding hydrogens is 216 g/mol. The highest BCUT2D eigenvalue weighted by atomic mass is 16.4. The van der Waals surface area contributed by atoms with Crippen LogP contribution in [0.25, 0.3) is 11.3 Å². The average Bonchev–Trinajstić information content (AvgIpc) is 2.60. The monoisotopic (exact) mass is 230 g/mol. The number of hydrogen-bond acceptors (Lipinski definition) is 2. The molecule has 88 valence electrons. The number of nitrogens with one attached hydrogen (secondary N) is 1. The van der Waals surface area contributed by atoms with Crippen LogP contribution in [0, 0.1) is 20.8 Å². The number of nitrogens with zero attached hydrogens (tertiary/aromatic N) is 1. The standard InChI is InChI=1S/C13H14N2O2/c1-7-4-5-10(13(16)17)6-11(7)12-8(2)9(3)14-15-12/h4-6H,1-3H3,(H,14,15)(H,16,17). The van der Waals surface area contributed by atoms with E-state index in [0.717, 1.165) is 28.1 Å². The number of H-pyrrole nitrogens is 1. The lowest BCUT2D eigenvalue weighted by molar-refractivity contribution is 0.0697. The SMILES string of the molecule is Cc1ccc(C(=O)O)cc1-c1n[nH]c(C)c1C. The molecular formula is C13H14N2O2. The summed E-state index contributed by atoms with van der Waals surface area (Å²) in [5.41, 5.74) is 5.04. The van der Waals surface area contributed by atoms with Crippen molar-refractivity contribution in [3.05, 3.63) is 40.6 Å². The lowest BCUT2D eigenvalue weighted by atomic mass is 9.99. The Labute approximate surface area is 99.3 Å². The summed E-state index contributed by atoms with van der Waals surface area (Å²) in [6, 6.07) is 5.08. The highest BCUT2D eigenvalue weighted by Gasteiger charge is 2.13. The number of aromatic nitrogens is 2. The number of carboxylic acid groups (broad SMARTS) is 1. The van der Waals surface area contributed by atoms with Crippen molar-refractivity contribution >= 4 is 5.97 Å². The predicted octanol–water partition coefficient (Wildman–Crippen LogP) is 2.70. The summed E-state index contributed by atoms with van der Waals surface area (Å²) >= 11 is 0. The van der Waals surface area contributed by atoms with Gasteiger partial charge < -0.3 is 5.11 Å². The van der Waals surface area contributed by atoms with Crippen molar-refractivity contribution in [3.8, 4) is 11.3 Å². The number of aromatic carboxylic acids is 1. The Morgan fingerprint density at radius 2 is 2.00 bits per heavy atom. The number of carbonyl (C=O) groups is 1. The van der Waals surface area contributed by atoms with Gasteiger partial charge >= 0.3 is 5.97 Å². The van der Waals surface area contributed by atoms with Crippen molar-refractivity contribution in [2.24, 2.45) is 0 Å². The molecule has 0 aliphatic heterocycles. The third kappa shape index (κ3) is 1.93. The molecule has 0 saturated carbocycles. The van der Waals surface area contributed by atoms with Gasteiger partial charge in [0.2, 0.25) is 0 Å². The van der Waals surface area contributed by atoms with Gasteiger partial charge in [0.1, 0.15) is 0 Å². The fourth-order valence-electron chi connectivity index (χ4n) is 1.76. The Hall–Kier alpha value is -2.10. The second-order valence-electron chi connectivity index (χ2n) is 4.16. The van der Waals surface area contributed by atoms with Crippen molar-refractivity contribution in [3.63, 3.8) is 0 Å². The molecule has 0 saturated heterocycles. The largest absolute Gasteiger partial charge is 0.478 e. The van der Waals surface area contributed by atoms with Gasteiger partial charge in [-0.25, -0.2) is 4.79 Å². The number of benzene rings is 1. The first-order valence-corrected chi connectivity index (χ1v) is 5.36. The van der Waals surface area contributed by atoms with Crippen LogP contribution in [0.2, 0.25) is 0 Å². The van der Waals surface area contributed by atoms with Gasteiger partial charge in [-0.15, -0.1) is 0 Å². The van der Waals surface area contributed by atoms with Gasteiger partial charge in [0, 0.05) is 11.3 Å². The lowest BCUT2D eigenvalue weighted by Gasteiger charge is -2.05. The molecule has 0 spiro atoms. The molecule has 2 rings (SSSR count). The Kier molecular flexibility index (Phi) is 2.71. The van der Waals surface area contributed by atoms with Gasteiger partial charge in [-0.05, 0) is 44.0 Å². The molecule has 0 fully saturated rings. The molecule has 0 amide bonds. The normalized spacial score (nSPS) is 10.5. The van der Waals surface area contributed by atoms with E-state index < -0.39 is 5.97 Å². The Balaban J connectivity index is 2.62. The van der Waals surface area contributed by atoms with Crippen LogP contribution in [0.5, 0.6) is 0 Å². The molecule has 0 aliphatic rings. The summed E-state index contributed by atoms with van der Waals surface area (Å²) in [5, 5.41) is 16.1. The van der Waals surface area contributed by atoms with Crippen molar-refractivity contribution in [1.82, 2.24) is 10.2 Å². The minimum Gasteiger partial charge on any atom is -0.478 e. The Morgan fingerprint density at radius 1 is 1.29 bits per heavy atom. The van der Waals surface area contributed by atoms with Crippen LogP contribution in [0.15, 0.2) is 18.2 Å². The molecule has 0 bridgehead atoms. The van der Waals surface area contributed by atoms with E-state index in [0.29, 0.717) is 0 Å². The van der Waals surface area contributed by atoms with E-state index in [9.17, 15) is 4.79 Å². The highest BCUT2D eigenvalue weighted by Crippen LogP contribution is 2.26. The van der Waals surface area contributed by atoms with E-state index in [-0.39, 0.29) is 5.56 Å². The summed E-state index contributed by atoms with van der Waals surface area (Å²) in [4.78, 5) is 11.0. The van der Waals surface area contributed by atoms with Crippen LogP contribution in [0.1, 0.15) is 27.2 Å². The lowest BCUT2D eigenvalue weighted by Crippen LogP contribution is -1.97. The van der Waals surface area contributed by atoms with E-state index in [4.69, 9.17) is 5.11 Å². The summed E-state index contributed by atoms with van der Waals surface area (Å²) < 4.78 is 0. The molecule has 17 heavy (non-hydrogen) atoms. The second kappa shape index (κ2) is 4.05. The molecule has 1 aromatic heterocycles. The van der Waals surface area contributed by atoms with Crippen molar-refractivity contribution in [1.29, 1.82) is 0 Å². The summed E-state index contributed by atoms with van der Waals surface area (Å²) in [6.07, 6.45) is 0. The zero-order chi connectivity index (χ0) is 12.6. The van der Waals surface area contributed by atoms with Gasteiger partial charge in [-0.2, -0.15) is 5.10 Å². The summed E-state index contributed by atoms with van der Waals surface area (Å²) in [5.74, 6) is -0.920. The zero-order valence-corrected chi connectivity index (χ0v) is 10.0. The van der Waals surface area contributed by atoms with Gasteiger partial charge in [-0.1, -0.05) is 6.07 Å². The summed E-state index contributed by atoms with van der Waals surface area (Å²) in [7, 11) is 0. The summed E-state index contributed by atoms with van der Waals surface area (Å²) in [6.45, 7) is 5.87. The third-order valence-electron chi connectivity index (χ3n) is 2.99. The van der Waals surface area contributed by atoms with Crippen molar-refractivity contribution in [2.45, 2.75) is 20.8 Å². The van der Waals surface area contributed by atoms with E-state index in [1.54, 1.807) is 12.1 Å². The van der Waals surface area contributed by atoms with Crippen LogP contribution in [0.3, 0.4) is 0 Å². The first-order chi connectivity index (χ1) is 8.00. The molecule has 0 aliphatic carbocycles. The zero-order valence-electron chi connectivity index (χ0n) is 10.0. The van der Waals surface area contributed by atoms with E-state index >= 15 is 0 Å². The molecule has 0 atom stereocenters. The number of hydrogen-bond donors (Lipinski definition) is 2. The van der Waals surface area contributed by atoms with Crippen LogP contribution >= 0.6 is 0 Å².